The molecule has 6 rings (SSSR count). The summed E-state index contributed by atoms with van der Waals surface area (Å²) in [5, 5.41) is 0. The van der Waals surface area contributed by atoms with E-state index in [4.69, 9.17) is 0 Å². The molecule has 0 heterocycles. The van der Waals surface area contributed by atoms with E-state index in [9.17, 15) is 0 Å². The van der Waals surface area contributed by atoms with Crippen LogP contribution in [-0.4, -0.2) is 8.00 Å². The van der Waals surface area contributed by atoms with Crippen molar-refractivity contribution in [1.29, 1.82) is 0 Å². The molecule has 0 nitrogen and oxygen atoms in total. The van der Waals surface area contributed by atoms with Crippen molar-refractivity contribution in [3.8, 4) is 11.1 Å². The summed E-state index contributed by atoms with van der Waals surface area (Å²) in [7, 11) is 2.40. The SMILES string of the molecule is [SiH2]=[Zn]([C]1=CC=CC1)([c]1ccccc1)([c]1ccccc1)[CH]1c2ccccc2-c2ccccc21. The molecule has 0 radical (unpaired) electrons. The fraction of sp³-hybridized carbons (Fsp3) is 0.0667. The van der Waals surface area contributed by atoms with E-state index < -0.39 is 12.4 Å². The monoisotopic (exact) mass is 478 g/mol. The summed E-state index contributed by atoms with van der Waals surface area (Å²) >= 11 is -4.29. The normalized spacial score (nSPS) is 14.6. The quantitative estimate of drug-likeness (QED) is 0.340. The molecule has 0 spiro atoms. The van der Waals surface area contributed by atoms with E-state index in [-0.39, 0.29) is 0 Å². The number of benzene rings is 4. The molecule has 0 fully saturated rings. The van der Waals surface area contributed by atoms with E-state index in [0.29, 0.717) is 4.51 Å². The number of hydrogen-bond acceptors (Lipinski definition) is 0. The average molecular weight is 480 g/mol. The van der Waals surface area contributed by atoms with E-state index in [1.54, 1.807) is 12.5 Å². The van der Waals surface area contributed by atoms with Crippen LogP contribution in [0.15, 0.2) is 132 Å². The summed E-state index contributed by atoms with van der Waals surface area (Å²) in [5.74, 6) is 0. The van der Waals surface area contributed by atoms with E-state index in [0.717, 1.165) is 6.42 Å². The van der Waals surface area contributed by atoms with Crippen molar-refractivity contribution in [2.24, 2.45) is 0 Å². The summed E-state index contributed by atoms with van der Waals surface area (Å²) in [6.45, 7) is 0. The molecule has 4 aromatic carbocycles. The number of hydrogen-bond donors (Lipinski definition) is 0. The topological polar surface area (TPSA) is 0 Å². The Kier molecular flexibility index (Phi) is 4.57. The zero-order valence-corrected chi connectivity index (χ0v) is 22.7. The molecule has 0 N–H and O–H groups in total. The zero-order chi connectivity index (χ0) is 21.6. The molecule has 152 valence electrons. The molecule has 0 atom stereocenters. The Morgan fingerprint density at radius 1 is 0.594 bits per heavy atom. The Balaban J connectivity index is 1.83. The van der Waals surface area contributed by atoms with Crippen LogP contribution in [0.2, 0.25) is 0 Å². The van der Waals surface area contributed by atoms with Crippen molar-refractivity contribution >= 4 is 16.3 Å². The third-order valence-corrected chi connectivity index (χ3v) is 42.5. The van der Waals surface area contributed by atoms with Gasteiger partial charge < -0.3 is 0 Å². The van der Waals surface area contributed by atoms with Gasteiger partial charge in [0.1, 0.15) is 0 Å². The van der Waals surface area contributed by atoms with Gasteiger partial charge in [0.2, 0.25) is 0 Å². The maximum atomic E-state index is 2.46. The van der Waals surface area contributed by atoms with Gasteiger partial charge in [-0.15, -0.1) is 0 Å². The van der Waals surface area contributed by atoms with E-state index in [1.165, 1.54) is 22.3 Å². The molecular formula is C30H26SiZn. The summed E-state index contributed by atoms with van der Waals surface area (Å²) in [6.07, 6.45) is 8.17. The number of rotatable bonds is 4. The standard InChI is InChI=1S/C13H9.2C6H5.C5H5.H2Si.Zn/c1-3-7-12-10(5-1)9-11-6-2-4-8-13(11)12;2*1-2-4-6-5-3-1;1-2-4-5-3-1;;/h1-9H;2*1-5H;1-3H,4H2;1H2;. The van der Waals surface area contributed by atoms with E-state index in [1.807, 2.05) is 0 Å². The van der Waals surface area contributed by atoms with Crippen LogP contribution in [0, 0.1) is 0 Å². The van der Waals surface area contributed by atoms with Crippen molar-refractivity contribution < 1.29 is 12.4 Å². The van der Waals surface area contributed by atoms with Gasteiger partial charge in [-0.05, 0) is 0 Å². The summed E-state index contributed by atoms with van der Waals surface area (Å²) in [5.41, 5.74) is 5.86. The molecule has 0 saturated carbocycles. The fourth-order valence-electron chi connectivity index (χ4n) is 7.85. The molecule has 0 aromatic heterocycles. The van der Waals surface area contributed by atoms with Crippen LogP contribution in [0.25, 0.3) is 11.1 Å². The predicted octanol–water partition coefficient (Wildman–Crippen LogP) is 5.49. The predicted molar refractivity (Wildman–Crippen MR) is 136 cm³/mol. The fourth-order valence-corrected chi connectivity index (χ4v) is 37.1. The first-order valence-electron chi connectivity index (χ1n) is 12.0. The molecule has 32 heavy (non-hydrogen) atoms. The number of allylic oxidation sites excluding steroid dienone is 4. The molecular weight excluding hydrogens is 454 g/mol. The van der Waals surface area contributed by atoms with Gasteiger partial charge in [-0.3, -0.25) is 0 Å². The van der Waals surface area contributed by atoms with Gasteiger partial charge in [-0.25, -0.2) is 0 Å². The van der Waals surface area contributed by atoms with Gasteiger partial charge in [-0.1, -0.05) is 0 Å². The van der Waals surface area contributed by atoms with Crippen LogP contribution in [0.5, 0.6) is 0 Å². The minimum absolute atomic E-state index is 0.394. The van der Waals surface area contributed by atoms with Gasteiger partial charge in [0.15, 0.2) is 0 Å². The molecule has 0 saturated heterocycles. The van der Waals surface area contributed by atoms with Crippen molar-refractivity contribution in [2.75, 3.05) is 0 Å². The molecule has 4 aromatic rings. The zero-order valence-electron chi connectivity index (χ0n) is 18.3. The van der Waals surface area contributed by atoms with Crippen molar-refractivity contribution in [3.05, 3.63) is 143 Å². The minimum atomic E-state index is -4.29. The van der Waals surface area contributed by atoms with Crippen LogP contribution < -0.4 is 8.32 Å². The Bertz CT molecular complexity index is 1360. The molecule has 0 amide bonds. The Morgan fingerprint density at radius 2 is 1.06 bits per heavy atom. The van der Waals surface area contributed by atoms with Gasteiger partial charge >= 0.3 is 193 Å². The third-order valence-electron chi connectivity index (χ3n) is 9.30. The Labute approximate surface area is 192 Å². The maximum absolute atomic E-state index is 4.29. The summed E-state index contributed by atoms with van der Waals surface area (Å²) in [6, 6.07) is 41.3. The molecule has 2 aliphatic rings. The van der Waals surface area contributed by atoms with Gasteiger partial charge in [0.25, 0.3) is 0 Å². The van der Waals surface area contributed by atoms with Gasteiger partial charge in [0.05, 0.1) is 0 Å². The van der Waals surface area contributed by atoms with Crippen LogP contribution in [-0.2, 0) is 12.4 Å². The first-order valence-corrected chi connectivity index (χ1v) is 25.4. The van der Waals surface area contributed by atoms with E-state index >= 15 is 0 Å². The van der Waals surface area contributed by atoms with Crippen LogP contribution >= 0.6 is 0 Å². The average Bonchev–Trinajstić information content (AvgIpc) is 3.53. The molecule has 0 unspecified atom stereocenters. The summed E-state index contributed by atoms with van der Waals surface area (Å²) in [4.78, 5) is 0. The second kappa shape index (κ2) is 7.37. The van der Waals surface area contributed by atoms with Gasteiger partial charge in [0, 0.05) is 0 Å². The molecule has 2 heteroatoms. The Morgan fingerprint density at radius 3 is 1.53 bits per heavy atom. The van der Waals surface area contributed by atoms with E-state index in [2.05, 4.69) is 135 Å². The second-order valence-corrected chi connectivity index (χ2v) is 37.3. The molecule has 0 aliphatic heterocycles. The van der Waals surface area contributed by atoms with Crippen molar-refractivity contribution in [2.45, 2.75) is 10.9 Å². The Hall–Kier alpha value is -2.80. The van der Waals surface area contributed by atoms with Crippen LogP contribution in [0.1, 0.15) is 22.1 Å². The first-order chi connectivity index (χ1) is 15.7. The van der Waals surface area contributed by atoms with Crippen molar-refractivity contribution in [1.82, 2.24) is 0 Å². The summed E-state index contributed by atoms with van der Waals surface area (Å²) < 4.78 is 5.20. The van der Waals surface area contributed by atoms with Crippen LogP contribution in [0.4, 0.5) is 0 Å². The van der Waals surface area contributed by atoms with Crippen molar-refractivity contribution in [3.63, 3.8) is 0 Å². The molecule has 0 bridgehead atoms. The van der Waals surface area contributed by atoms with Gasteiger partial charge in [-0.2, -0.15) is 0 Å². The second-order valence-electron chi connectivity index (χ2n) is 10.3. The number of fused-ring (bicyclic) bond motifs is 3. The third kappa shape index (κ3) is 2.51. The van der Waals surface area contributed by atoms with Crippen LogP contribution in [0.3, 0.4) is 0 Å². The first kappa shape index (κ1) is 19.9. The molecule has 2 aliphatic carbocycles.